The van der Waals surface area contributed by atoms with Crippen LogP contribution in [0.2, 0.25) is 0 Å². The maximum atomic E-state index is 5.26. The van der Waals surface area contributed by atoms with Crippen LogP contribution in [0.4, 0.5) is 0 Å². The van der Waals surface area contributed by atoms with E-state index in [2.05, 4.69) is 33.9 Å². The van der Waals surface area contributed by atoms with Gasteiger partial charge in [-0.25, -0.2) is 9.97 Å². The number of aromatic nitrogens is 2. The van der Waals surface area contributed by atoms with Gasteiger partial charge in [0.15, 0.2) is 0 Å². The highest BCUT2D eigenvalue weighted by molar-refractivity contribution is 5.07. The Hall–Kier alpha value is -1.08. The van der Waals surface area contributed by atoms with Crippen LogP contribution in [0.25, 0.3) is 0 Å². The zero-order chi connectivity index (χ0) is 14.5. The molecule has 1 atom stereocenters. The predicted octanol–water partition coefficient (Wildman–Crippen LogP) is 1.08. The van der Waals surface area contributed by atoms with Gasteiger partial charge in [0.05, 0.1) is 11.7 Å². The minimum atomic E-state index is -0.439. The lowest BCUT2D eigenvalue weighted by Gasteiger charge is -2.26. The van der Waals surface area contributed by atoms with Gasteiger partial charge in [0, 0.05) is 27.0 Å². The summed E-state index contributed by atoms with van der Waals surface area (Å²) in [6.45, 7) is 3.10. The number of methoxy groups -OCH3 is 2. The molecule has 1 aliphatic rings. The van der Waals surface area contributed by atoms with Gasteiger partial charge in [-0.05, 0) is 39.7 Å². The summed E-state index contributed by atoms with van der Waals surface area (Å²) >= 11 is 0. The predicted molar refractivity (Wildman–Crippen MR) is 76.3 cm³/mol. The molecule has 0 saturated carbocycles. The second-order valence-corrected chi connectivity index (χ2v) is 5.26. The summed E-state index contributed by atoms with van der Waals surface area (Å²) in [5.41, 5.74) is 0.764. The van der Waals surface area contributed by atoms with E-state index in [4.69, 9.17) is 9.47 Å². The number of ether oxygens (including phenoxy) is 2. The van der Waals surface area contributed by atoms with E-state index in [0.29, 0.717) is 0 Å². The van der Waals surface area contributed by atoms with Crippen LogP contribution in [0.5, 0.6) is 0 Å². The second-order valence-electron chi connectivity index (χ2n) is 5.26. The Morgan fingerprint density at radius 2 is 2.00 bits per heavy atom. The van der Waals surface area contributed by atoms with Crippen molar-refractivity contribution in [2.45, 2.75) is 18.8 Å². The van der Waals surface area contributed by atoms with Crippen molar-refractivity contribution in [2.75, 3.05) is 47.9 Å². The number of nitrogens with zero attached hydrogens (tertiary/aromatic N) is 4. The van der Waals surface area contributed by atoms with Gasteiger partial charge in [0.1, 0.15) is 5.82 Å². The molecular weight excluding hydrogens is 256 g/mol. The zero-order valence-corrected chi connectivity index (χ0v) is 12.7. The average molecular weight is 280 g/mol. The Bertz CT molecular complexity index is 425. The van der Waals surface area contributed by atoms with Crippen LogP contribution in [0, 0.1) is 0 Å². The van der Waals surface area contributed by atoms with E-state index in [1.807, 2.05) is 6.07 Å². The molecular formula is C14H24N4O2. The maximum Gasteiger partial charge on any atom is 0.200 e. The van der Waals surface area contributed by atoms with E-state index in [1.54, 1.807) is 20.4 Å². The third-order valence-electron chi connectivity index (χ3n) is 3.73. The Balaban J connectivity index is 2.24. The van der Waals surface area contributed by atoms with E-state index in [9.17, 15) is 0 Å². The molecule has 0 N–H and O–H groups in total. The third kappa shape index (κ3) is 3.52. The molecule has 6 nitrogen and oxygen atoms in total. The van der Waals surface area contributed by atoms with Crippen molar-refractivity contribution in [1.82, 2.24) is 19.8 Å². The molecule has 20 heavy (non-hydrogen) atoms. The molecule has 1 aliphatic heterocycles. The van der Waals surface area contributed by atoms with E-state index in [1.165, 1.54) is 6.42 Å². The highest BCUT2D eigenvalue weighted by Gasteiger charge is 2.25. The summed E-state index contributed by atoms with van der Waals surface area (Å²) < 4.78 is 10.5. The third-order valence-corrected chi connectivity index (χ3v) is 3.73. The topological polar surface area (TPSA) is 50.7 Å². The van der Waals surface area contributed by atoms with Gasteiger partial charge >= 0.3 is 0 Å². The van der Waals surface area contributed by atoms with Crippen molar-refractivity contribution in [3.05, 3.63) is 23.8 Å². The largest absolute Gasteiger partial charge is 0.350 e. The summed E-state index contributed by atoms with van der Waals surface area (Å²) in [4.78, 5) is 13.7. The van der Waals surface area contributed by atoms with Crippen LogP contribution in [0.1, 0.15) is 30.3 Å². The Kier molecular flexibility index (Phi) is 5.42. The van der Waals surface area contributed by atoms with Crippen LogP contribution in [-0.4, -0.2) is 67.7 Å². The molecule has 6 heteroatoms. The van der Waals surface area contributed by atoms with Crippen LogP contribution in [0.3, 0.4) is 0 Å². The van der Waals surface area contributed by atoms with Gasteiger partial charge in [-0.2, -0.15) is 0 Å². The molecule has 0 aromatic carbocycles. The van der Waals surface area contributed by atoms with Crippen LogP contribution >= 0.6 is 0 Å². The SMILES string of the molecule is COC(OC)c1ccnc(C2CN(C)CCCN2C)n1. The van der Waals surface area contributed by atoms with E-state index in [-0.39, 0.29) is 6.04 Å². The highest BCUT2D eigenvalue weighted by Crippen LogP contribution is 2.22. The van der Waals surface area contributed by atoms with Crippen LogP contribution < -0.4 is 0 Å². The summed E-state index contributed by atoms with van der Waals surface area (Å²) in [6, 6.07) is 2.04. The highest BCUT2D eigenvalue weighted by atomic mass is 16.7. The lowest BCUT2D eigenvalue weighted by atomic mass is 10.2. The van der Waals surface area contributed by atoms with Crippen molar-refractivity contribution in [3.8, 4) is 0 Å². The summed E-state index contributed by atoms with van der Waals surface area (Å²) in [5.74, 6) is 0.831. The number of rotatable bonds is 4. The smallest absolute Gasteiger partial charge is 0.200 e. The molecule has 0 spiro atoms. The minimum Gasteiger partial charge on any atom is -0.350 e. The Labute approximate surface area is 120 Å². The fourth-order valence-corrected chi connectivity index (χ4v) is 2.57. The molecule has 2 rings (SSSR count). The van der Waals surface area contributed by atoms with Gasteiger partial charge in [0.2, 0.25) is 6.29 Å². The summed E-state index contributed by atoms with van der Waals surface area (Å²) in [5, 5.41) is 0. The van der Waals surface area contributed by atoms with Crippen molar-refractivity contribution < 1.29 is 9.47 Å². The van der Waals surface area contributed by atoms with Crippen LogP contribution in [0.15, 0.2) is 12.3 Å². The van der Waals surface area contributed by atoms with Gasteiger partial charge in [0.25, 0.3) is 0 Å². The molecule has 0 bridgehead atoms. The van der Waals surface area contributed by atoms with Gasteiger partial charge in [-0.15, -0.1) is 0 Å². The summed E-state index contributed by atoms with van der Waals surface area (Å²) in [6.07, 6.45) is 2.51. The number of hydrogen-bond acceptors (Lipinski definition) is 6. The van der Waals surface area contributed by atoms with Gasteiger partial charge in [-0.3, -0.25) is 4.90 Å². The molecule has 1 saturated heterocycles. The molecule has 1 fully saturated rings. The molecule has 1 aromatic heterocycles. The van der Waals surface area contributed by atoms with E-state index in [0.717, 1.165) is 31.2 Å². The minimum absolute atomic E-state index is 0.205. The van der Waals surface area contributed by atoms with Crippen molar-refractivity contribution in [2.24, 2.45) is 0 Å². The first-order valence-corrected chi connectivity index (χ1v) is 6.93. The Morgan fingerprint density at radius 1 is 1.25 bits per heavy atom. The lowest BCUT2D eigenvalue weighted by Crippen LogP contribution is -2.32. The fourth-order valence-electron chi connectivity index (χ4n) is 2.57. The van der Waals surface area contributed by atoms with Crippen molar-refractivity contribution in [3.63, 3.8) is 0 Å². The maximum absolute atomic E-state index is 5.26. The van der Waals surface area contributed by atoms with E-state index >= 15 is 0 Å². The first kappa shape index (κ1) is 15.3. The molecule has 0 radical (unpaired) electrons. The zero-order valence-electron chi connectivity index (χ0n) is 12.7. The molecule has 1 aromatic rings. The van der Waals surface area contributed by atoms with Crippen molar-refractivity contribution in [1.29, 1.82) is 0 Å². The quantitative estimate of drug-likeness (QED) is 0.769. The number of hydrogen-bond donors (Lipinski definition) is 0. The normalized spacial score (nSPS) is 22.1. The van der Waals surface area contributed by atoms with Gasteiger partial charge < -0.3 is 14.4 Å². The van der Waals surface area contributed by atoms with Crippen molar-refractivity contribution >= 4 is 0 Å². The summed E-state index contributed by atoms with van der Waals surface area (Å²) in [7, 11) is 7.50. The van der Waals surface area contributed by atoms with Crippen LogP contribution in [-0.2, 0) is 9.47 Å². The first-order chi connectivity index (χ1) is 9.65. The molecule has 112 valence electrons. The molecule has 1 unspecified atom stereocenters. The molecule has 0 aliphatic carbocycles. The standard InChI is InChI=1S/C14H24N4O2/c1-17-8-5-9-18(2)12(10-17)13-15-7-6-11(16-13)14(19-3)20-4/h6-7,12,14H,5,8-10H2,1-4H3. The van der Waals surface area contributed by atoms with Gasteiger partial charge in [-0.1, -0.05) is 0 Å². The fraction of sp³-hybridized carbons (Fsp3) is 0.714. The second kappa shape index (κ2) is 7.08. The average Bonchev–Trinajstić information content (AvgIpc) is 2.62. The molecule has 2 heterocycles. The monoisotopic (exact) mass is 280 g/mol. The first-order valence-electron chi connectivity index (χ1n) is 6.93. The molecule has 0 amide bonds. The lowest BCUT2D eigenvalue weighted by molar-refractivity contribution is -0.108. The number of likely N-dealkylation sites (N-methyl/N-ethyl adjacent to an activating group) is 2. The van der Waals surface area contributed by atoms with E-state index < -0.39 is 6.29 Å². The Morgan fingerprint density at radius 3 is 2.70 bits per heavy atom.